The van der Waals surface area contributed by atoms with E-state index in [1.54, 1.807) is 0 Å². The van der Waals surface area contributed by atoms with Crippen molar-refractivity contribution < 1.29 is 22.7 Å². The Hall–Kier alpha value is -2.27. The van der Waals surface area contributed by atoms with E-state index < -0.39 is 28.6 Å². The highest BCUT2D eigenvalue weighted by molar-refractivity contribution is 8.00. The molecule has 2 N–H and O–H groups in total. The Labute approximate surface area is 162 Å². The number of halogens is 3. The van der Waals surface area contributed by atoms with Crippen molar-refractivity contribution in [3.05, 3.63) is 40.3 Å². The molecule has 1 amide bonds. The fourth-order valence-corrected chi connectivity index (χ4v) is 3.70. The molecule has 7 nitrogen and oxygen atoms in total. The van der Waals surface area contributed by atoms with Gasteiger partial charge in [0.25, 0.3) is 0 Å². The number of anilines is 1. The lowest BCUT2D eigenvalue weighted by Crippen LogP contribution is -2.27. The minimum absolute atomic E-state index is 0.0996. The summed E-state index contributed by atoms with van der Waals surface area (Å²) in [5.74, 6) is -0.624. The first-order chi connectivity index (χ1) is 13.3. The van der Waals surface area contributed by atoms with E-state index in [1.807, 2.05) is 0 Å². The molecule has 2 atom stereocenters. The number of aromatic nitrogens is 3. The lowest BCUT2D eigenvalue weighted by molar-refractivity contribution is -0.137. The van der Waals surface area contributed by atoms with Gasteiger partial charge in [0.1, 0.15) is 0 Å². The number of alkyl halides is 3. The molecule has 1 aliphatic heterocycles. The van der Waals surface area contributed by atoms with E-state index in [0.29, 0.717) is 13.2 Å². The average molecular weight is 416 g/mol. The van der Waals surface area contributed by atoms with Crippen LogP contribution in [0.25, 0.3) is 0 Å². The molecular formula is C17H19F3N4O3S. The zero-order chi connectivity index (χ0) is 20.3. The summed E-state index contributed by atoms with van der Waals surface area (Å²) in [6, 6.07) is 4.76. The van der Waals surface area contributed by atoms with E-state index in [4.69, 9.17) is 4.74 Å². The molecule has 11 heteroatoms. The Morgan fingerprint density at radius 2 is 2.21 bits per heavy atom. The number of hydrogen-bond donors (Lipinski definition) is 2. The standard InChI is InChI=1S/C17H19F3N4O3S/c1-10(14(25)21-13-7-3-2-6-12(13)17(18,19)20)28-16-23-22-15(26)24(16)9-11-5-4-8-27-11/h2-3,6-7,10-11H,4-5,8-9H2,1H3,(H,21,25)(H,22,26). The van der Waals surface area contributed by atoms with Crippen LogP contribution in [0.4, 0.5) is 18.9 Å². The maximum atomic E-state index is 13.1. The number of para-hydroxylation sites is 1. The van der Waals surface area contributed by atoms with Crippen LogP contribution in [0.3, 0.4) is 0 Å². The second-order valence-corrected chi connectivity index (χ2v) is 7.66. The van der Waals surface area contributed by atoms with Gasteiger partial charge in [0.05, 0.1) is 29.1 Å². The molecule has 0 bridgehead atoms. The first-order valence-electron chi connectivity index (χ1n) is 8.66. The highest BCUT2D eigenvalue weighted by atomic mass is 32.2. The molecular weight excluding hydrogens is 397 g/mol. The maximum Gasteiger partial charge on any atom is 0.418 e. The lowest BCUT2D eigenvalue weighted by Gasteiger charge is -2.16. The molecule has 0 saturated carbocycles. The first-order valence-corrected chi connectivity index (χ1v) is 9.54. The summed E-state index contributed by atoms with van der Waals surface area (Å²) in [6.45, 7) is 2.48. The van der Waals surface area contributed by atoms with E-state index in [9.17, 15) is 22.8 Å². The highest BCUT2D eigenvalue weighted by Gasteiger charge is 2.34. The van der Waals surface area contributed by atoms with Crippen LogP contribution >= 0.6 is 11.8 Å². The molecule has 0 radical (unpaired) electrons. The van der Waals surface area contributed by atoms with E-state index in [0.717, 1.165) is 30.7 Å². The summed E-state index contributed by atoms with van der Waals surface area (Å²) in [5.41, 5.74) is -1.66. The minimum Gasteiger partial charge on any atom is -0.376 e. The third kappa shape index (κ3) is 4.76. The van der Waals surface area contributed by atoms with Crippen molar-refractivity contribution in [2.45, 2.75) is 49.0 Å². The van der Waals surface area contributed by atoms with Crippen LogP contribution < -0.4 is 11.0 Å². The summed E-state index contributed by atoms with van der Waals surface area (Å²) < 4.78 is 46.1. The largest absolute Gasteiger partial charge is 0.418 e. The highest BCUT2D eigenvalue weighted by Crippen LogP contribution is 2.35. The van der Waals surface area contributed by atoms with E-state index in [2.05, 4.69) is 15.5 Å². The van der Waals surface area contributed by atoms with Crippen LogP contribution in [0.5, 0.6) is 0 Å². The topological polar surface area (TPSA) is 89.0 Å². The second-order valence-electron chi connectivity index (χ2n) is 6.35. The van der Waals surface area contributed by atoms with Crippen LogP contribution in [0, 0.1) is 0 Å². The first kappa shape index (κ1) is 20.5. The normalized spacial score (nSPS) is 18.2. The molecule has 3 rings (SSSR count). The van der Waals surface area contributed by atoms with Crippen molar-refractivity contribution in [3.8, 4) is 0 Å². The van der Waals surface area contributed by atoms with Gasteiger partial charge in [-0.2, -0.15) is 13.2 Å². The maximum absolute atomic E-state index is 13.1. The summed E-state index contributed by atoms with van der Waals surface area (Å²) in [6.07, 6.45) is -2.94. The molecule has 1 fully saturated rings. The minimum atomic E-state index is -4.58. The Kier molecular flexibility index (Phi) is 6.14. The van der Waals surface area contributed by atoms with Gasteiger partial charge in [-0.1, -0.05) is 23.9 Å². The van der Waals surface area contributed by atoms with Crippen LogP contribution in [0.1, 0.15) is 25.3 Å². The number of nitrogens with zero attached hydrogens (tertiary/aromatic N) is 2. The molecule has 1 aliphatic rings. The summed E-state index contributed by atoms with van der Waals surface area (Å²) in [4.78, 5) is 24.4. The van der Waals surface area contributed by atoms with Gasteiger partial charge < -0.3 is 10.1 Å². The molecule has 1 saturated heterocycles. The van der Waals surface area contributed by atoms with Gasteiger partial charge in [-0.3, -0.25) is 9.36 Å². The van der Waals surface area contributed by atoms with Gasteiger partial charge >= 0.3 is 11.9 Å². The molecule has 2 aromatic rings. The van der Waals surface area contributed by atoms with Gasteiger partial charge in [0.15, 0.2) is 5.16 Å². The molecule has 1 aromatic heterocycles. The van der Waals surface area contributed by atoms with Crippen molar-refractivity contribution in [1.82, 2.24) is 14.8 Å². The van der Waals surface area contributed by atoms with E-state index in [-0.39, 0.29) is 16.9 Å². The summed E-state index contributed by atoms with van der Waals surface area (Å²) >= 11 is 0.987. The van der Waals surface area contributed by atoms with E-state index in [1.165, 1.54) is 29.7 Å². The number of ether oxygens (including phenoxy) is 1. The van der Waals surface area contributed by atoms with Crippen molar-refractivity contribution >= 4 is 23.4 Å². The van der Waals surface area contributed by atoms with Gasteiger partial charge in [0.2, 0.25) is 5.91 Å². The van der Waals surface area contributed by atoms with Crippen molar-refractivity contribution in [1.29, 1.82) is 0 Å². The van der Waals surface area contributed by atoms with Crippen LogP contribution in [0.2, 0.25) is 0 Å². The Balaban J connectivity index is 1.70. The smallest absolute Gasteiger partial charge is 0.376 e. The quantitative estimate of drug-likeness (QED) is 0.707. The number of rotatable bonds is 6. The molecule has 0 aliphatic carbocycles. The van der Waals surface area contributed by atoms with Crippen LogP contribution in [-0.2, 0) is 22.3 Å². The number of carbonyl (C=O) groups is 1. The lowest BCUT2D eigenvalue weighted by atomic mass is 10.1. The van der Waals surface area contributed by atoms with Crippen molar-refractivity contribution in [2.24, 2.45) is 0 Å². The van der Waals surface area contributed by atoms with Crippen molar-refractivity contribution in [3.63, 3.8) is 0 Å². The molecule has 2 heterocycles. The van der Waals surface area contributed by atoms with Crippen molar-refractivity contribution in [2.75, 3.05) is 11.9 Å². The Morgan fingerprint density at radius 3 is 2.89 bits per heavy atom. The van der Waals surface area contributed by atoms with Gasteiger partial charge in [-0.05, 0) is 31.9 Å². The molecule has 0 spiro atoms. The molecule has 28 heavy (non-hydrogen) atoms. The third-order valence-electron chi connectivity index (χ3n) is 4.28. The average Bonchev–Trinajstić information content (AvgIpc) is 3.26. The summed E-state index contributed by atoms with van der Waals surface area (Å²) in [5, 5.41) is 8.06. The number of aromatic amines is 1. The predicted molar refractivity (Wildman–Crippen MR) is 97.2 cm³/mol. The Bertz CT molecular complexity index is 890. The molecule has 1 aromatic carbocycles. The number of thioether (sulfide) groups is 1. The number of H-pyrrole nitrogens is 1. The van der Waals surface area contributed by atoms with Gasteiger partial charge in [-0.25, -0.2) is 9.89 Å². The summed E-state index contributed by atoms with van der Waals surface area (Å²) in [7, 11) is 0. The third-order valence-corrected chi connectivity index (χ3v) is 5.37. The number of hydrogen-bond acceptors (Lipinski definition) is 5. The number of benzene rings is 1. The fraction of sp³-hybridized carbons (Fsp3) is 0.471. The van der Waals surface area contributed by atoms with Gasteiger partial charge in [0, 0.05) is 6.61 Å². The number of nitrogens with one attached hydrogen (secondary N) is 2. The molecule has 2 unspecified atom stereocenters. The molecule has 152 valence electrons. The van der Waals surface area contributed by atoms with Crippen LogP contribution in [0.15, 0.2) is 34.2 Å². The monoisotopic (exact) mass is 416 g/mol. The van der Waals surface area contributed by atoms with E-state index >= 15 is 0 Å². The zero-order valence-electron chi connectivity index (χ0n) is 15.0. The number of carbonyl (C=O) groups excluding carboxylic acids is 1. The van der Waals surface area contributed by atoms with Crippen LogP contribution in [-0.4, -0.2) is 38.6 Å². The number of amides is 1. The SMILES string of the molecule is CC(Sc1n[nH]c(=O)n1CC1CCCO1)C(=O)Nc1ccccc1C(F)(F)F. The second kappa shape index (κ2) is 8.39. The Morgan fingerprint density at radius 1 is 1.46 bits per heavy atom. The van der Waals surface area contributed by atoms with Gasteiger partial charge in [-0.15, -0.1) is 5.10 Å². The zero-order valence-corrected chi connectivity index (χ0v) is 15.8. The fourth-order valence-electron chi connectivity index (χ4n) is 2.83. The predicted octanol–water partition coefficient (Wildman–Crippen LogP) is 2.89.